The van der Waals surface area contributed by atoms with Gasteiger partial charge in [0, 0.05) is 25.4 Å². The number of pyridine rings is 1. The summed E-state index contributed by atoms with van der Waals surface area (Å²) in [7, 11) is 1.72. The zero-order valence-corrected chi connectivity index (χ0v) is 15.0. The van der Waals surface area contributed by atoms with E-state index in [1.165, 1.54) is 5.56 Å². The first-order valence-electron chi connectivity index (χ1n) is 8.73. The van der Waals surface area contributed by atoms with E-state index in [0.29, 0.717) is 13.2 Å². The average molecular weight is 348 g/mol. The highest BCUT2D eigenvalue weighted by molar-refractivity contribution is 5.59. The van der Waals surface area contributed by atoms with Crippen LogP contribution in [0.3, 0.4) is 0 Å². The third-order valence-electron chi connectivity index (χ3n) is 4.23. The lowest BCUT2D eigenvalue weighted by molar-refractivity contribution is 0.202. The fourth-order valence-electron chi connectivity index (χ4n) is 2.63. The standard InChI is InChI=1S/C22H24N2O2/c1-25-13-12-17-4-9-21(10-5-17)26-16-18-2-7-20(8-3-18)22-11-6-19(14-23)15-24-22/h2-11,15H,12-14,16,23H2,1H3. The second kappa shape index (κ2) is 9.13. The van der Waals surface area contributed by atoms with Gasteiger partial charge in [0.2, 0.25) is 0 Å². The van der Waals surface area contributed by atoms with E-state index in [1.54, 1.807) is 7.11 Å². The fourth-order valence-corrected chi connectivity index (χ4v) is 2.63. The lowest BCUT2D eigenvalue weighted by atomic mass is 10.1. The van der Waals surface area contributed by atoms with Crippen molar-refractivity contribution in [3.8, 4) is 17.0 Å². The second-order valence-corrected chi connectivity index (χ2v) is 6.13. The molecule has 134 valence electrons. The Labute approximate surface area is 154 Å². The summed E-state index contributed by atoms with van der Waals surface area (Å²) in [6, 6.07) is 20.4. The van der Waals surface area contributed by atoms with E-state index < -0.39 is 0 Å². The van der Waals surface area contributed by atoms with Gasteiger partial charge in [-0.1, -0.05) is 42.5 Å². The molecule has 1 heterocycles. The van der Waals surface area contributed by atoms with Gasteiger partial charge in [-0.2, -0.15) is 0 Å². The molecule has 1 aromatic heterocycles. The number of nitrogens with zero attached hydrogens (tertiary/aromatic N) is 1. The lowest BCUT2D eigenvalue weighted by Crippen LogP contribution is -1.98. The molecule has 4 heteroatoms. The predicted octanol–water partition coefficient (Wildman–Crippen LogP) is 3.98. The number of nitrogens with two attached hydrogens (primary N) is 1. The van der Waals surface area contributed by atoms with Crippen LogP contribution >= 0.6 is 0 Å². The van der Waals surface area contributed by atoms with Crippen LogP contribution in [0.1, 0.15) is 16.7 Å². The molecule has 0 saturated carbocycles. The van der Waals surface area contributed by atoms with Crippen molar-refractivity contribution in [1.29, 1.82) is 0 Å². The minimum atomic E-state index is 0.511. The summed E-state index contributed by atoms with van der Waals surface area (Å²) in [4.78, 5) is 4.45. The van der Waals surface area contributed by atoms with Gasteiger partial charge in [0.1, 0.15) is 12.4 Å². The molecule has 0 fully saturated rings. The van der Waals surface area contributed by atoms with Crippen LogP contribution in [-0.4, -0.2) is 18.7 Å². The minimum Gasteiger partial charge on any atom is -0.489 e. The van der Waals surface area contributed by atoms with E-state index >= 15 is 0 Å². The van der Waals surface area contributed by atoms with Gasteiger partial charge in [-0.25, -0.2) is 0 Å². The Morgan fingerprint density at radius 3 is 2.15 bits per heavy atom. The molecule has 0 amide bonds. The van der Waals surface area contributed by atoms with Crippen LogP contribution in [0.5, 0.6) is 5.75 Å². The molecule has 2 N–H and O–H groups in total. The molecule has 3 aromatic rings. The van der Waals surface area contributed by atoms with Gasteiger partial charge in [-0.3, -0.25) is 4.98 Å². The SMILES string of the molecule is COCCc1ccc(OCc2ccc(-c3ccc(CN)cn3)cc2)cc1. The maximum atomic E-state index is 5.87. The normalized spacial score (nSPS) is 10.7. The van der Waals surface area contributed by atoms with E-state index in [2.05, 4.69) is 41.4 Å². The van der Waals surface area contributed by atoms with Gasteiger partial charge in [0.25, 0.3) is 0 Å². The molecule has 0 spiro atoms. The molecular weight excluding hydrogens is 324 g/mol. The number of rotatable bonds is 8. The Balaban J connectivity index is 1.57. The molecule has 0 aliphatic rings. The van der Waals surface area contributed by atoms with Crippen molar-refractivity contribution in [2.45, 2.75) is 19.6 Å². The number of methoxy groups -OCH3 is 1. The second-order valence-electron chi connectivity index (χ2n) is 6.13. The highest BCUT2D eigenvalue weighted by atomic mass is 16.5. The molecular formula is C22H24N2O2. The van der Waals surface area contributed by atoms with E-state index in [0.717, 1.165) is 41.2 Å². The molecule has 0 aliphatic carbocycles. The van der Waals surface area contributed by atoms with E-state index in [1.807, 2.05) is 30.5 Å². The number of hydrogen-bond acceptors (Lipinski definition) is 4. The van der Waals surface area contributed by atoms with Crippen LogP contribution in [0.25, 0.3) is 11.3 Å². The first-order chi connectivity index (χ1) is 12.8. The van der Waals surface area contributed by atoms with Crippen molar-refractivity contribution < 1.29 is 9.47 Å². The number of hydrogen-bond donors (Lipinski definition) is 1. The van der Waals surface area contributed by atoms with Crippen molar-refractivity contribution in [2.24, 2.45) is 5.73 Å². The number of benzene rings is 2. The predicted molar refractivity (Wildman–Crippen MR) is 104 cm³/mol. The molecule has 4 nitrogen and oxygen atoms in total. The topological polar surface area (TPSA) is 57.4 Å². The largest absolute Gasteiger partial charge is 0.489 e. The van der Waals surface area contributed by atoms with Crippen molar-refractivity contribution in [1.82, 2.24) is 4.98 Å². The Morgan fingerprint density at radius 2 is 1.54 bits per heavy atom. The van der Waals surface area contributed by atoms with Gasteiger partial charge >= 0.3 is 0 Å². The Kier molecular flexibility index (Phi) is 6.36. The average Bonchev–Trinajstić information content (AvgIpc) is 2.72. The van der Waals surface area contributed by atoms with Gasteiger partial charge in [-0.05, 0) is 41.3 Å². The molecule has 2 aromatic carbocycles. The number of aromatic nitrogens is 1. The maximum absolute atomic E-state index is 5.87. The van der Waals surface area contributed by atoms with Crippen LogP contribution in [0.4, 0.5) is 0 Å². The van der Waals surface area contributed by atoms with Crippen molar-refractivity contribution in [3.63, 3.8) is 0 Å². The van der Waals surface area contributed by atoms with Crippen LogP contribution in [0, 0.1) is 0 Å². The first kappa shape index (κ1) is 18.1. The number of ether oxygens (including phenoxy) is 2. The summed E-state index contributed by atoms with van der Waals surface area (Å²) in [6.07, 6.45) is 2.74. The van der Waals surface area contributed by atoms with Crippen LogP contribution in [0.15, 0.2) is 66.9 Å². The quantitative estimate of drug-likeness (QED) is 0.669. The molecule has 0 saturated heterocycles. The molecule has 0 atom stereocenters. The molecule has 3 rings (SSSR count). The van der Waals surface area contributed by atoms with Crippen molar-refractivity contribution in [2.75, 3.05) is 13.7 Å². The fraction of sp³-hybridized carbons (Fsp3) is 0.227. The summed E-state index contributed by atoms with van der Waals surface area (Å²) < 4.78 is 11.0. The van der Waals surface area contributed by atoms with Gasteiger partial charge in [0.05, 0.1) is 12.3 Å². The Hall–Kier alpha value is -2.69. The zero-order valence-electron chi connectivity index (χ0n) is 15.0. The summed E-state index contributed by atoms with van der Waals surface area (Å²) in [5.74, 6) is 0.870. The minimum absolute atomic E-state index is 0.511. The maximum Gasteiger partial charge on any atom is 0.119 e. The monoisotopic (exact) mass is 348 g/mol. The van der Waals surface area contributed by atoms with Gasteiger partial charge in [-0.15, -0.1) is 0 Å². The molecule has 0 aliphatic heterocycles. The third-order valence-corrected chi connectivity index (χ3v) is 4.23. The van der Waals surface area contributed by atoms with Gasteiger partial charge in [0.15, 0.2) is 0 Å². The lowest BCUT2D eigenvalue weighted by Gasteiger charge is -2.08. The highest BCUT2D eigenvalue weighted by Crippen LogP contribution is 2.19. The van der Waals surface area contributed by atoms with E-state index in [9.17, 15) is 0 Å². The molecule has 0 radical (unpaired) electrons. The van der Waals surface area contributed by atoms with E-state index in [-0.39, 0.29) is 0 Å². The summed E-state index contributed by atoms with van der Waals surface area (Å²) >= 11 is 0. The molecule has 0 unspecified atom stereocenters. The van der Waals surface area contributed by atoms with Crippen LogP contribution < -0.4 is 10.5 Å². The van der Waals surface area contributed by atoms with Crippen LogP contribution in [0.2, 0.25) is 0 Å². The zero-order chi connectivity index (χ0) is 18.2. The third kappa shape index (κ3) is 4.91. The summed E-state index contributed by atoms with van der Waals surface area (Å²) in [6.45, 7) is 1.78. The first-order valence-corrected chi connectivity index (χ1v) is 8.73. The van der Waals surface area contributed by atoms with Gasteiger partial charge < -0.3 is 15.2 Å². The smallest absolute Gasteiger partial charge is 0.119 e. The molecule has 26 heavy (non-hydrogen) atoms. The van der Waals surface area contributed by atoms with Crippen LogP contribution in [-0.2, 0) is 24.3 Å². The Morgan fingerprint density at radius 1 is 0.846 bits per heavy atom. The Bertz CT molecular complexity index is 797. The molecule has 0 bridgehead atoms. The summed E-state index contributed by atoms with van der Waals surface area (Å²) in [5, 5.41) is 0. The summed E-state index contributed by atoms with van der Waals surface area (Å²) in [5.41, 5.74) is 11.0. The van der Waals surface area contributed by atoms with Crippen molar-refractivity contribution in [3.05, 3.63) is 83.6 Å². The highest BCUT2D eigenvalue weighted by Gasteiger charge is 2.02. The van der Waals surface area contributed by atoms with E-state index in [4.69, 9.17) is 15.2 Å². The van der Waals surface area contributed by atoms with Crippen molar-refractivity contribution >= 4 is 0 Å².